The number of nitrogens with one attached hydrogen (secondary N) is 2. The van der Waals surface area contributed by atoms with Gasteiger partial charge < -0.3 is 25.6 Å². The monoisotopic (exact) mass is 466 g/mol. The number of aliphatic hydroxyl groups is 1. The summed E-state index contributed by atoms with van der Waals surface area (Å²) in [6.07, 6.45) is 0.504. The molecule has 8 nitrogen and oxygen atoms in total. The normalized spacial score (nSPS) is 17.1. The van der Waals surface area contributed by atoms with Crippen LogP contribution in [0.25, 0.3) is 11.1 Å². The number of hydrogen-bond donors (Lipinski definition) is 4. The van der Waals surface area contributed by atoms with E-state index >= 15 is 0 Å². The maximum Gasteiger partial charge on any atom is 0.407 e. The van der Waals surface area contributed by atoms with E-state index in [4.69, 9.17) is 9.84 Å². The van der Waals surface area contributed by atoms with Crippen LogP contribution in [0.3, 0.4) is 0 Å². The lowest BCUT2D eigenvalue weighted by Crippen LogP contribution is -2.51. The van der Waals surface area contributed by atoms with E-state index < -0.39 is 24.0 Å². The molecular weight excluding hydrogens is 436 g/mol. The Morgan fingerprint density at radius 1 is 1.03 bits per heavy atom. The number of benzene rings is 2. The Balaban J connectivity index is 1.40. The number of fused-ring (bicyclic) bond motifs is 3. The standard InChI is InChI=1S/C26H30N2O6/c1-16(26(15-29)12-13-26)27-24(32)22(10-11-23(30)31)28-25(33)34-14-21-19-8-4-2-6-17(19)18-7-3-5-9-20(18)21/h2-9,16,21-22,29H,10-15H2,1H3,(H,27,32)(H,28,33)(H,30,31). The number of carboxylic acid groups (broad SMARTS) is 1. The fraction of sp³-hybridized carbons (Fsp3) is 0.423. The molecule has 4 rings (SSSR count). The van der Waals surface area contributed by atoms with Gasteiger partial charge in [0, 0.05) is 23.8 Å². The molecule has 0 bridgehead atoms. The van der Waals surface area contributed by atoms with Gasteiger partial charge in [0.1, 0.15) is 12.6 Å². The highest BCUT2D eigenvalue weighted by Gasteiger charge is 2.47. The number of carbonyl (C=O) groups excluding carboxylic acids is 2. The lowest BCUT2D eigenvalue weighted by atomic mass is 9.98. The van der Waals surface area contributed by atoms with Gasteiger partial charge in [-0.15, -0.1) is 0 Å². The summed E-state index contributed by atoms with van der Waals surface area (Å²) in [5.41, 5.74) is 4.03. The summed E-state index contributed by atoms with van der Waals surface area (Å²) in [5.74, 6) is -1.67. The van der Waals surface area contributed by atoms with Gasteiger partial charge >= 0.3 is 12.1 Å². The fourth-order valence-corrected chi connectivity index (χ4v) is 4.67. The van der Waals surface area contributed by atoms with Crippen molar-refractivity contribution in [3.05, 3.63) is 59.7 Å². The van der Waals surface area contributed by atoms with Gasteiger partial charge in [-0.3, -0.25) is 9.59 Å². The van der Waals surface area contributed by atoms with E-state index in [1.165, 1.54) is 0 Å². The van der Waals surface area contributed by atoms with Crippen molar-refractivity contribution in [3.63, 3.8) is 0 Å². The van der Waals surface area contributed by atoms with Crippen LogP contribution in [0.4, 0.5) is 4.79 Å². The molecule has 0 aromatic heterocycles. The van der Waals surface area contributed by atoms with Crippen LogP contribution in [0.15, 0.2) is 48.5 Å². The molecule has 1 fully saturated rings. The maximum absolute atomic E-state index is 12.8. The van der Waals surface area contributed by atoms with Crippen molar-refractivity contribution >= 4 is 18.0 Å². The molecule has 180 valence electrons. The van der Waals surface area contributed by atoms with Crippen molar-refractivity contribution in [1.82, 2.24) is 10.6 Å². The van der Waals surface area contributed by atoms with E-state index in [1.807, 2.05) is 55.5 Å². The van der Waals surface area contributed by atoms with Crippen LogP contribution in [0.1, 0.15) is 49.7 Å². The van der Waals surface area contributed by atoms with Gasteiger partial charge in [-0.25, -0.2) is 4.79 Å². The number of ether oxygens (including phenoxy) is 1. The van der Waals surface area contributed by atoms with Gasteiger partial charge in [0.05, 0.1) is 6.61 Å². The first kappa shape index (κ1) is 23.8. The molecule has 2 aromatic carbocycles. The van der Waals surface area contributed by atoms with Crippen LogP contribution < -0.4 is 10.6 Å². The molecule has 0 aliphatic heterocycles. The van der Waals surface area contributed by atoms with Crippen LogP contribution in [-0.2, 0) is 14.3 Å². The maximum atomic E-state index is 12.8. The molecule has 0 saturated heterocycles. The molecule has 0 radical (unpaired) electrons. The van der Waals surface area contributed by atoms with Gasteiger partial charge in [0.2, 0.25) is 5.91 Å². The quantitative estimate of drug-likeness (QED) is 0.427. The number of amides is 2. The first-order chi connectivity index (χ1) is 16.3. The van der Waals surface area contributed by atoms with Crippen molar-refractivity contribution < 1.29 is 29.3 Å². The van der Waals surface area contributed by atoms with Crippen LogP contribution >= 0.6 is 0 Å². The lowest BCUT2D eigenvalue weighted by Gasteiger charge is -2.25. The Hall–Kier alpha value is -3.39. The zero-order valence-corrected chi connectivity index (χ0v) is 19.1. The first-order valence-electron chi connectivity index (χ1n) is 11.6. The summed E-state index contributed by atoms with van der Waals surface area (Å²) in [6, 6.07) is 14.6. The van der Waals surface area contributed by atoms with Gasteiger partial charge in [-0.2, -0.15) is 0 Å². The van der Waals surface area contributed by atoms with Crippen molar-refractivity contribution in [3.8, 4) is 11.1 Å². The minimum Gasteiger partial charge on any atom is -0.481 e. The average molecular weight is 467 g/mol. The lowest BCUT2D eigenvalue weighted by molar-refractivity contribution is -0.137. The van der Waals surface area contributed by atoms with Crippen molar-refractivity contribution in [2.75, 3.05) is 13.2 Å². The number of aliphatic carboxylic acids is 1. The molecular formula is C26H30N2O6. The van der Waals surface area contributed by atoms with Gasteiger partial charge in [-0.05, 0) is 48.4 Å². The summed E-state index contributed by atoms with van der Waals surface area (Å²) in [4.78, 5) is 36.5. The zero-order chi connectivity index (χ0) is 24.3. The number of aliphatic hydroxyl groups excluding tert-OH is 1. The number of rotatable bonds is 10. The van der Waals surface area contributed by atoms with Crippen LogP contribution in [0.5, 0.6) is 0 Å². The highest BCUT2D eigenvalue weighted by molar-refractivity contribution is 5.86. The molecule has 1 saturated carbocycles. The van der Waals surface area contributed by atoms with Gasteiger partial charge in [0.25, 0.3) is 0 Å². The molecule has 2 atom stereocenters. The Bertz CT molecular complexity index is 1030. The third-order valence-electron chi connectivity index (χ3n) is 7.08. The van der Waals surface area contributed by atoms with Crippen molar-refractivity contribution in [1.29, 1.82) is 0 Å². The van der Waals surface area contributed by atoms with Crippen LogP contribution in [0, 0.1) is 5.41 Å². The summed E-state index contributed by atoms with van der Waals surface area (Å²) in [7, 11) is 0. The molecule has 4 N–H and O–H groups in total. The minimum absolute atomic E-state index is 0.0337. The first-order valence-corrected chi connectivity index (χ1v) is 11.6. The second-order valence-corrected chi connectivity index (χ2v) is 9.21. The molecule has 2 aliphatic carbocycles. The summed E-state index contributed by atoms with van der Waals surface area (Å²) in [5, 5.41) is 24.0. The Kier molecular flexibility index (Phi) is 6.88. The van der Waals surface area contributed by atoms with E-state index in [1.54, 1.807) is 0 Å². The summed E-state index contributed by atoms with van der Waals surface area (Å²) in [6.45, 7) is 1.87. The molecule has 0 heterocycles. The van der Waals surface area contributed by atoms with E-state index in [-0.39, 0.29) is 43.4 Å². The predicted molar refractivity (Wildman–Crippen MR) is 125 cm³/mol. The van der Waals surface area contributed by atoms with Crippen LogP contribution in [-0.4, -0.2) is 53.5 Å². The SMILES string of the molecule is CC(NC(=O)C(CCC(=O)O)NC(=O)OCC1c2ccccc2-c2ccccc21)C1(CO)CC1. The third-order valence-corrected chi connectivity index (χ3v) is 7.08. The molecule has 8 heteroatoms. The number of alkyl carbamates (subject to hydrolysis) is 1. The Labute approximate surface area is 198 Å². The van der Waals surface area contributed by atoms with E-state index in [0.29, 0.717) is 0 Å². The molecule has 2 aliphatic rings. The summed E-state index contributed by atoms with van der Waals surface area (Å²) < 4.78 is 5.52. The average Bonchev–Trinajstić information content (AvgIpc) is 3.57. The van der Waals surface area contributed by atoms with Gasteiger partial charge in [0.15, 0.2) is 0 Å². The topological polar surface area (TPSA) is 125 Å². The molecule has 2 unspecified atom stereocenters. The van der Waals surface area contributed by atoms with Crippen molar-refractivity contribution in [2.45, 2.75) is 50.6 Å². The van der Waals surface area contributed by atoms with E-state index in [9.17, 15) is 19.5 Å². The van der Waals surface area contributed by atoms with Crippen molar-refractivity contribution in [2.24, 2.45) is 5.41 Å². The minimum atomic E-state index is -1.06. The summed E-state index contributed by atoms with van der Waals surface area (Å²) >= 11 is 0. The molecule has 0 spiro atoms. The molecule has 34 heavy (non-hydrogen) atoms. The largest absolute Gasteiger partial charge is 0.481 e. The highest BCUT2D eigenvalue weighted by Crippen LogP contribution is 2.48. The number of carboxylic acids is 1. The third kappa shape index (κ3) is 4.92. The van der Waals surface area contributed by atoms with Gasteiger partial charge in [-0.1, -0.05) is 48.5 Å². The fourth-order valence-electron chi connectivity index (χ4n) is 4.67. The Morgan fingerprint density at radius 3 is 2.15 bits per heavy atom. The highest BCUT2D eigenvalue weighted by atomic mass is 16.5. The smallest absolute Gasteiger partial charge is 0.407 e. The van der Waals surface area contributed by atoms with Crippen LogP contribution in [0.2, 0.25) is 0 Å². The predicted octanol–water partition coefficient (Wildman–Crippen LogP) is 3.04. The molecule has 2 amide bonds. The van der Waals surface area contributed by atoms with E-state index in [2.05, 4.69) is 10.6 Å². The number of hydrogen-bond acceptors (Lipinski definition) is 5. The Morgan fingerprint density at radius 2 is 1.62 bits per heavy atom. The number of carbonyl (C=O) groups is 3. The molecule has 2 aromatic rings. The second-order valence-electron chi connectivity index (χ2n) is 9.21. The second kappa shape index (κ2) is 9.85. The zero-order valence-electron chi connectivity index (χ0n) is 19.1. The van der Waals surface area contributed by atoms with E-state index in [0.717, 1.165) is 35.1 Å².